The van der Waals surface area contributed by atoms with Gasteiger partial charge in [0.2, 0.25) is 0 Å². The molecule has 0 radical (unpaired) electrons. The van der Waals surface area contributed by atoms with E-state index in [1.165, 1.54) is 5.56 Å². The van der Waals surface area contributed by atoms with Gasteiger partial charge < -0.3 is 10.6 Å². The number of benzene rings is 1. The van der Waals surface area contributed by atoms with Crippen molar-refractivity contribution in [2.75, 3.05) is 13.1 Å². The average Bonchev–Trinajstić information content (AvgIpc) is 3.05. The number of rotatable bonds is 4. The van der Waals surface area contributed by atoms with E-state index in [-0.39, 0.29) is 36.8 Å². The summed E-state index contributed by atoms with van der Waals surface area (Å²) in [6.07, 6.45) is 5.51. The van der Waals surface area contributed by atoms with Crippen LogP contribution in [0.1, 0.15) is 28.8 Å². The van der Waals surface area contributed by atoms with Crippen molar-refractivity contribution in [2.45, 2.75) is 25.4 Å². The highest BCUT2D eigenvalue weighted by molar-refractivity contribution is 5.97. The van der Waals surface area contributed by atoms with Gasteiger partial charge in [0.15, 0.2) is 5.65 Å². The van der Waals surface area contributed by atoms with Crippen LogP contribution in [0.5, 0.6) is 0 Å². The van der Waals surface area contributed by atoms with Gasteiger partial charge in [0.1, 0.15) is 0 Å². The Kier molecular flexibility index (Phi) is 7.59. The molecule has 3 heterocycles. The van der Waals surface area contributed by atoms with Crippen molar-refractivity contribution in [1.82, 2.24) is 25.4 Å². The molecule has 1 aliphatic rings. The SMILES string of the molecule is Cl.Cl.O=C(N[C@H]1CCCNC1)c1cnc2c(cnn2Cc2ccccc2)c1. The van der Waals surface area contributed by atoms with Gasteiger partial charge in [-0.05, 0) is 31.0 Å². The maximum absolute atomic E-state index is 12.4. The molecule has 3 aromatic rings. The van der Waals surface area contributed by atoms with Crippen molar-refractivity contribution in [3.8, 4) is 0 Å². The summed E-state index contributed by atoms with van der Waals surface area (Å²) in [5.74, 6) is -0.0705. The molecule has 0 bridgehead atoms. The van der Waals surface area contributed by atoms with E-state index >= 15 is 0 Å². The lowest BCUT2D eigenvalue weighted by Crippen LogP contribution is -2.45. The van der Waals surface area contributed by atoms with Gasteiger partial charge in [0.05, 0.1) is 18.3 Å². The van der Waals surface area contributed by atoms with Crippen LogP contribution in [0.2, 0.25) is 0 Å². The predicted molar refractivity (Wildman–Crippen MR) is 111 cm³/mol. The Labute approximate surface area is 170 Å². The lowest BCUT2D eigenvalue weighted by atomic mass is 10.1. The number of amides is 1. The van der Waals surface area contributed by atoms with Crippen molar-refractivity contribution in [1.29, 1.82) is 0 Å². The lowest BCUT2D eigenvalue weighted by Gasteiger charge is -2.23. The third kappa shape index (κ3) is 4.97. The first-order valence-corrected chi connectivity index (χ1v) is 8.67. The van der Waals surface area contributed by atoms with Crippen LogP contribution in [0.4, 0.5) is 0 Å². The molecule has 1 atom stereocenters. The molecule has 4 rings (SSSR count). The summed E-state index contributed by atoms with van der Waals surface area (Å²) in [5, 5.41) is 11.7. The number of carbonyl (C=O) groups is 1. The first kappa shape index (κ1) is 21.2. The van der Waals surface area contributed by atoms with E-state index in [2.05, 4.69) is 32.8 Å². The van der Waals surface area contributed by atoms with Crippen LogP contribution >= 0.6 is 24.8 Å². The number of hydrogen-bond donors (Lipinski definition) is 2. The Bertz CT molecular complexity index is 878. The van der Waals surface area contributed by atoms with E-state index < -0.39 is 0 Å². The van der Waals surface area contributed by atoms with Crippen LogP contribution in [-0.2, 0) is 6.54 Å². The van der Waals surface area contributed by atoms with Crippen LogP contribution in [0, 0.1) is 0 Å². The number of nitrogens with zero attached hydrogens (tertiary/aromatic N) is 3. The molecule has 1 aliphatic heterocycles. The van der Waals surface area contributed by atoms with Gasteiger partial charge in [0.25, 0.3) is 5.91 Å². The van der Waals surface area contributed by atoms with Gasteiger partial charge in [-0.3, -0.25) is 4.79 Å². The molecule has 27 heavy (non-hydrogen) atoms. The Morgan fingerprint density at radius 1 is 1.22 bits per heavy atom. The Hall–Kier alpha value is -2.15. The average molecular weight is 408 g/mol. The van der Waals surface area contributed by atoms with Gasteiger partial charge >= 0.3 is 0 Å². The van der Waals surface area contributed by atoms with E-state index in [0.717, 1.165) is 37.0 Å². The second kappa shape index (κ2) is 9.69. The molecule has 1 amide bonds. The first-order chi connectivity index (χ1) is 12.3. The molecule has 1 aromatic carbocycles. The number of aromatic nitrogens is 3. The van der Waals surface area contributed by atoms with E-state index in [0.29, 0.717) is 12.1 Å². The topological polar surface area (TPSA) is 71.8 Å². The van der Waals surface area contributed by atoms with Gasteiger partial charge in [0, 0.05) is 24.2 Å². The molecule has 1 saturated heterocycles. The lowest BCUT2D eigenvalue weighted by molar-refractivity contribution is 0.0930. The zero-order valence-electron chi connectivity index (χ0n) is 14.8. The fourth-order valence-corrected chi connectivity index (χ4v) is 3.21. The summed E-state index contributed by atoms with van der Waals surface area (Å²) >= 11 is 0. The van der Waals surface area contributed by atoms with E-state index in [1.54, 1.807) is 12.4 Å². The Morgan fingerprint density at radius 2 is 2.04 bits per heavy atom. The fraction of sp³-hybridized carbons (Fsp3) is 0.316. The molecule has 0 saturated carbocycles. The molecule has 144 valence electrons. The highest BCUT2D eigenvalue weighted by atomic mass is 35.5. The van der Waals surface area contributed by atoms with Crippen molar-refractivity contribution < 1.29 is 4.79 Å². The highest BCUT2D eigenvalue weighted by Gasteiger charge is 2.17. The zero-order valence-corrected chi connectivity index (χ0v) is 16.4. The number of fused-ring (bicyclic) bond motifs is 1. The van der Waals surface area contributed by atoms with Crippen LogP contribution in [0.3, 0.4) is 0 Å². The third-order valence-corrected chi connectivity index (χ3v) is 4.55. The normalized spacial score (nSPS) is 16.2. The molecule has 2 N–H and O–H groups in total. The van der Waals surface area contributed by atoms with Gasteiger partial charge in [-0.2, -0.15) is 5.10 Å². The maximum atomic E-state index is 12.4. The second-order valence-electron chi connectivity index (χ2n) is 6.44. The van der Waals surface area contributed by atoms with Crippen LogP contribution in [0.25, 0.3) is 11.0 Å². The minimum Gasteiger partial charge on any atom is -0.348 e. The number of carbonyl (C=O) groups excluding carboxylic acids is 1. The molecular weight excluding hydrogens is 385 g/mol. The Morgan fingerprint density at radius 3 is 2.78 bits per heavy atom. The van der Waals surface area contributed by atoms with E-state index in [9.17, 15) is 4.79 Å². The highest BCUT2D eigenvalue weighted by Crippen LogP contribution is 2.15. The Balaban J connectivity index is 0.00000131. The monoisotopic (exact) mass is 407 g/mol. The molecule has 0 aliphatic carbocycles. The van der Waals surface area contributed by atoms with Gasteiger partial charge in [-0.1, -0.05) is 30.3 Å². The van der Waals surface area contributed by atoms with Crippen LogP contribution in [0.15, 0.2) is 48.8 Å². The summed E-state index contributed by atoms with van der Waals surface area (Å²) in [5.41, 5.74) is 2.54. The van der Waals surface area contributed by atoms with Crippen LogP contribution < -0.4 is 10.6 Å². The fourth-order valence-electron chi connectivity index (χ4n) is 3.21. The molecule has 1 fully saturated rings. The molecular formula is C19H23Cl2N5O. The van der Waals surface area contributed by atoms with E-state index in [4.69, 9.17) is 0 Å². The zero-order chi connectivity index (χ0) is 17.1. The quantitative estimate of drug-likeness (QED) is 0.697. The van der Waals surface area contributed by atoms with Gasteiger partial charge in [-0.15, -0.1) is 24.8 Å². The van der Waals surface area contributed by atoms with Crippen molar-refractivity contribution in [2.24, 2.45) is 0 Å². The summed E-state index contributed by atoms with van der Waals surface area (Å²) in [4.78, 5) is 16.9. The maximum Gasteiger partial charge on any atom is 0.253 e. The molecule has 0 spiro atoms. The minimum absolute atomic E-state index is 0. The van der Waals surface area contributed by atoms with Crippen molar-refractivity contribution in [3.05, 3.63) is 59.9 Å². The smallest absolute Gasteiger partial charge is 0.253 e. The van der Waals surface area contributed by atoms with Crippen molar-refractivity contribution in [3.63, 3.8) is 0 Å². The summed E-state index contributed by atoms with van der Waals surface area (Å²) in [6.45, 7) is 2.52. The van der Waals surface area contributed by atoms with Crippen molar-refractivity contribution >= 4 is 41.8 Å². The van der Waals surface area contributed by atoms with E-state index in [1.807, 2.05) is 28.9 Å². The summed E-state index contributed by atoms with van der Waals surface area (Å²) in [6, 6.07) is 12.2. The standard InChI is InChI=1S/C19H21N5O.2ClH/c25-19(23-17-7-4-8-20-12-17)16-9-15-11-22-24(18(15)21-10-16)13-14-5-2-1-3-6-14;;/h1-3,5-6,9-11,17,20H,4,7-8,12-13H2,(H,23,25);2*1H/t17-;;/m0../s1. The minimum atomic E-state index is -0.0705. The largest absolute Gasteiger partial charge is 0.348 e. The van der Waals surface area contributed by atoms with Gasteiger partial charge in [-0.25, -0.2) is 9.67 Å². The molecule has 6 nitrogen and oxygen atoms in total. The second-order valence-corrected chi connectivity index (χ2v) is 6.44. The number of halogens is 2. The first-order valence-electron chi connectivity index (χ1n) is 8.67. The number of pyridine rings is 1. The third-order valence-electron chi connectivity index (χ3n) is 4.55. The number of hydrogen-bond acceptors (Lipinski definition) is 4. The molecule has 2 aromatic heterocycles. The predicted octanol–water partition coefficient (Wildman–Crippen LogP) is 2.81. The number of nitrogens with one attached hydrogen (secondary N) is 2. The summed E-state index contributed by atoms with van der Waals surface area (Å²) < 4.78 is 1.86. The molecule has 0 unspecified atom stereocenters. The molecule has 8 heteroatoms. The summed E-state index contributed by atoms with van der Waals surface area (Å²) in [7, 11) is 0. The number of piperidine rings is 1. The van der Waals surface area contributed by atoms with Crippen LogP contribution in [-0.4, -0.2) is 39.8 Å².